The van der Waals surface area contributed by atoms with Gasteiger partial charge in [-0.15, -0.1) is 0 Å². The second-order valence-corrected chi connectivity index (χ2v) is 3.94. The van der Waals surface area contributed by atoms with Crippen molar-refractivity contribution in [1.29, 1.82) is 0 Å². The average molecular weight is 230 g/mol. The van der Waals surface area contributed by atoms with Gasteiger partial charge in [-0.25, -0.2) is 9.78 Å². The Morgan fingerprint density at radius 2 is 2.07 bits per heavy atom. The number of carbonyl (C=O) groups is 2. The molecule has 1 rings (SSSR count). The first-order valence-corrected chi connectivity index (χ1v) is 4.93. The molecule has 0 aliphatic carbocycles. The lowest BCUT2D eigenvalue weighted by Gasteiger charge is -2.05. The number of nitrogens with one attached hydrogen (secondary N) is 1. The molecule has 82 valence electrons. The van der Waals surface area contributed by atoms with Crippen molar-refractivity contribution < 1.29 is 19.8 Å². The Bertz CT molecular complexity index is 401. The summed E-state index contributed by atoms with van der Waals surface area (Å²) in [5, 5.41) is 20.3. The average Bonchev–Trinajstić information content (AvgIpc) is 2.46. The van der Waals surface area contributed by atoms with Crippen LogP contribution in [0, 0.1) is 6.92 Å². The molecule has 1 unspecified atom stereocenters. The molecule has 0 amide bonds. The molecule has 0 bridgehead atoms. The van der Waals surface area contributed by atoms with Crippen molar-refractivity contribution in [3.63, 3.8) is 0 Å². The molecule has 0 fully saturated rings. The molecule has 1 aromatic rings. The van der Waals surface area contributed by atoms with Gasteiger partial charge in [0.2, 0.25) is 0 Å². The van der Waals surface area contributed by atoms with Gasteiger partial charge in [0.1, 0.15) is 10.9 Å². The third kappa shape index (κ3) is 2.66. The summed E-state index contributed by atoms with van der Waals surface area (Å²) in [4.78, 5) is 25.2. The van der Waals surface area contributed by atoms with Gasteiger partial charge in [0.05, 0.1) is 5.69 Å². The van der Waals surface area contributed by atoms with Crippen LogP contribution in [0.3, 0.4) is 0 Å². The minimum Gasteiger partial charge on any atom is -0.480 e. The summed E-state index contributed by atoms with van der Waals surface area (Å²) in [6.07, 6.45) is 0. The van der Waals surface area contributed by atoms with Crippen molar-refractivity contribution in [2.75, 3.05) is 5.32 Å². The summed E-state index contributed by atoms with van der Waals surface area (Å²) in [5.74, 6) is -2.07. The summed E-state index contributed by atoms with van der Waals surface area (Å²) in [6.45, 7) is 3.02. The highest BCUT2D eigenvalue weighted by molar-refractivity contribution is 7.17. The summed E-state index contributed by atoms with van der Waals surface area (Å²) < 4.78 is 0. The van der Waals surface area contributed by atoms with Crippen LogP contribution in [0.5, 0.6) is 0 Å². The lowest BCUT2D eigenvalue weighted by Crippen LogP contribution is -2.25. The molecule has 15 heavy (non-hydrogen) atoms. The van der Waals surface area contributed by atoms with Gasteiger partial charge in [0, 0.05) is 0 Å². The fourth-order valence-electron chi connectivity index (χ4n) is 0.904. The standard InChI is InChI=1S/C8H10N2O4S/c1-3-5(7(13)14)15-8(9-3)10-4(2)6(11)12/h4H,1-2H3,(H,9,10)(H,11,12)(H,13,14). The number of aromatic nitrogens is 1. The van der Waals surface area contributed by atoms with Crippen LogP contribution in [0.15, 0.2) is 0 Å². The number of aryl methyl sites for hydroxylation is 1. The first kappa shape index (κ1) is 11.4. The zero-order chi connectivity index (χ0) is 11.6. The number of aliphatic carboxylic acids is 1. The first-order chi connectivity index (χ1) is 6.91. The number of carboxylic acids is 2. The topological polar surface area (TPSA) is 99.5 Å². The molecule has 7 heteroatoms. The number of hydrogen-bond donors (Lipinski definition) is 3. The van der Waals surface area contributed by atoms with E-state index < -0.39 is 18.0 Å². The zero-order valence-electron chi connectivity index (χ0n) is 8.14. The van der Waals surface area contributed by atoms with Gasteiger partial charge in [-0.3, -0.25) is 4.79 Å². The van der Waals surface area contributed by atoms with Gasteiger partial charge >= 0.3 is 11.9 Å². The highest BCUT2D eigenvalue weighted by atomic mass is 32.1. The number of carboxylic acid groups (broad SMARTS) is 2. The third-order valence-corrected chi connectivity index (χ3v) is 2.78. The zero-order valence-corrected chi connectivity index (χ0v) is 8.96. The number of nitrogens with zero attached hydrogens (tertiary/aromatic N) is 1. The highest BCUT2D eigenvalue weighted by Gasteiger charge is 2.17. The summed E-state index contributed by atoms with van der Waals surface area (Å²) in [7, 11) is 0. The molecule has 0 saturated heterocycles. The molecular formula is C8H10N2O4S. The van der Waals surface area contributed by atoms with Crippen molar-refractivity contribution in [1.82, 2.24) is 4.98 Å². The van der Waals surface area contributed by atoms with E-state index >= 15 is 0 Å². The molecule has 0 radical (unpaired) electrons. The minimum atomic E-state index is -1.05. The Morgan fingerprint density at radius 1 is 1.47 bits per heavy atom. The van der Waals surface area contributed by atoms with Crippen LogP contribution >= 0.6 is 11.3 Å². The van der Waals surface area contributed by atoms with E-state index in [-0.39, 0.29) is 4.88 Å². The Morgan fingerprint density at radius 3 is 2.47 bits per heavy atom. The second kappa shape index (κ2) is 4.26. The Balaban J connectivity index is 2.84. The van der Waals surface area contributed by atoms with Gasteiger partial charge < -0.3 is 15.5 Å². The van der Waals surface area contributed by atoms with Crippen LogP contribution in [0.1, 0.15) is 22.3 Å². The molecule has 1 heterocycles. The molecule has 0 saturated carbocycles. The Labute approximate surface area is 89.6 Å². The first-order valence-electron chi connectivity index (χ1n) is 4.12. The van der Waals surface area contributed by atoms with E-state index in [2.05, 4.69) is 10.3 Å². The molecule has 0 spiro atoms. The number of anilines is 1. The fraction of sp³-hybridized carbons (Fsp3) is 0.375. The SMILES string of the molecule is Cc1nc(NC(C)C(=O)O)sc1C(=O)O. The summed E-state index contributed by atoms with van der Waals surface area (Å²) >= 11 is 0.928. The number of rotatable bonds is 4. The molecule has 0 aliphatic rings. The van der Waals surface area contributed by atoms with Crippen LogP contribution in [-0.2, 0) is 4.79 Å². The van der Waals surface area contributed by atoms with Gasteiger partial charge in [0.15, 0.2) is 5.13 Å². The van der Waals surface area contributed by atoms with E-state index in [0.29, 0.717) is 10.8 Å². The number of thiazole rings is 1. The molecule has 1 atom stereocenters. The van der Waals surface area contributed by atoms with E-state index in [9.17, 15) is 9.59 Å². The molecule has 3 N–H and O–H groups in total. The van der Waals surface area contributed by atoms with Crippen LogP contribution in [0.2, 0.25) is 0 Å². The summed E-state index contributed by atoms with van der Waals surface area (Å²) in [6, 6.07) is -0.794. The number of aromatic carboxylic acids is 1. The van der Waals surface area contributed by atoms with Crippen molar-refractivity contribution >= 4 is 28.4 Å². The molecule has 6 nitrogen and oxygen atoms in total. The monoisotopic (exact) mass is 230 g/mol. The summed E-state index contributed by atoms with van der Waals surface area (Å²) in [5.41, 5.74) is 0.382. The van der Waals surface area contributed by atoms with E-state index in [1.165, 1.54) is 6.92 Å². The third-order valence-electron chi connectivity index (χ3n) is 1.70. The molecule has 1 aromatic heterocycles. The maximum Gasteiger partial charge on any atom is 0.347 e. The lowest BCUT2D eigenvalue weighted by atomic mass is 10.3. The molecule has 0 aliphatic heterocycles. The predicted molar refractivity (Wildman–Crippen MR) is 54.5 cm³/mol. The van der Waals surface area contributed by atoms with Crippen LogP contribution < -0.4 is 5.32 Å². The largest absolute Gasteiger partial charge is 0.480 e. The normalized spacial score (nSPS) is 12.1. The van der Waals surface area contributed by atoms with Gasteiger partial charge in [-0.05, 0) is 13.8 Å². The quantitative estimate of drug-likeness (QED) is 0.714. The second-order valence-electron chi connectivity index (χ2n) is 2.94. The van der Waals surface area contributed by atoms with Crippen molar-refractivity contribution in [2.24, 2.45) is 0 Å². The molecule has 0 aromatic carbocycles. The van der Waals surface area contributed by atoms with Gasteiger partial charge in [-0.1, -0.05) is 11.3 Å². The van der Waals surface area contributed by atoms with Crippen LogP contribution in [-0.4, -0.2) is 33.2 Å². The van der Waals surface area contributed by atoms with Crippen molar-refractivity contribution in [3.8, 4) is 0 Å². The fourth-order valence-corrected chi connectivity index (χ4v) is 1.80. The highest BCUT2D eigenvalue weighted by Crippen LogP contribution is 2.22. The van der Waals surface area contributed by atoms with E-state index in [1.807, 2.05) is 0 Å². The predicted octanol–water partition coefficient (Wildman–Crippen LogP) is 1.03. The number of hydrogen-bond acceptors (Lipinski definition) is 5. The lowest BCUT2D eigenvalue weighted by molar-refractivity contribution is -0.137. The molecular weight excluding hydrogens is 220 g/mol. The van der Waals surface area contributed by atoms with E-state index in [4.69, 9.17) is 10.2 Å². The van der Waals surface area contributed by atoms with Crippen molar-refractivity contribution in [3.05, 3.63) is 10.6 Å². The smallest absolute Gasteiger partial charge is 0.347 e. The van der Waals surface area contributed by atoms with Crippen LogP contribution in [0.25, 0.3) is 0 Å². The maximum atomic E-state index is 10.7. The van der Waals surface area contributed by atoms with Crippen molar-refractivity contribution in [2.45, 2.75) is 19.9 Å². The van der Waals surface area contributed by atoms with Gasteiger partial charge in [0.25, 0.3) is 0 Å². The van der Waals surface area contributed by atoms with E-state index in [0.717, 1.165) is 11.3 Å². The maximum absolute atomic E-state index is 10.7. The Hall–Kier alpha value is -1.63. The van der Waals surface area contributed by atoms with Crippen LogP contribution in [0.4, 0.5) is 5.13 Å². The van der Waals surface area contributed by atoms with Gasteiger partial charge in [-0.2, -0.15) is 0 Å². The minimum absolute atomic E-state index is 0.120. The van der Waals surface area contributed by atoms with E-state index in [1.54, 1.807) is 6.92 Å². The Kier molecular flexibility index (Phi) is 3.25.